The predicted molar refractivity (Wildman–Crippen MR) is 233 cm³/mol. The molecule has 4 rings (SSSR count). The van der Waals surface area contributed by atoms with E-state index in [0.717, 1.165) is 24.1 Å². The highest BCUT2D eigenvalue weighted by molar-refractivity contribution is 6.00. The van der Waals surface area contributed by atoms with E-state index < -0.39 is 72.0 Å². The lowest BCUT2D eigenvalue weighted by Gasteiger charge is -2.32. The number of methoxy groups -OCH3 is 1. The van der Waals surface area contributed by atoms with Gasteiger partial charge in [-0.15, -0.1) is 13.2 Å². The van der Waals surface area contributed by atoms with Crippen LogP contribution < -0.4 is 30.2 Å². The fraction of sp³-hybridized carbons (Fsp3) is 0.383. The predicted octanol–water partition coefficient (Wildman–Crippen LogP) is 7.08. The average molecular weight is 939 g/mol. The number of carbonyl (C=O) groups excluding carboxylic acids is 7. The van der Waals surface area contributed by atoms with Crippen molar-refractivity contribution in [1.29, 1.82) is 0 Å². The molecule has 4 amide bonds. The summed E-state index contributed by atoms with van der Waals surface area (Å²) in [6.07, 6.45) is -3.03. The minimum absolute atomic E-state index is 0.0462. The van der Waals surface area contributed by atoms with Crippen molar-refractivity contribution >= 4 is 41.9 Å². The molecule has 0 aliphatic heterocycles. The van der Waals surface area contributed by atoms with Crippen LogP contribution in [0, 0.1) is 5.92 Å². The number of hydroxylamine groups is 2. The van der Waals surface area contributed by atoms with E-state index >= 15 is 0 Å². The summed E-state index contributed by atoms with van der Waals surface area (Å²) in [5.41, 5.74) is 0.509. The van der Waals surface area contributed by atoms with Gasteiger partial charge in [0, 0.05) is 18.1 Å². The number of esters is 1. The zero-order valence-corrected chi connectivity index (χ0v) is 37.6. The van der Waals surface area contributed by atoms with E-state index in [1.807, 2.05) is 13.0 Å². The quantitative estimate of drug-likeness (QED) is 0.0189. The highest BCUT2D eigenvalue weighted by Crippen LogP contribution is 2.32. The second-order valence-electron chi connectivity index (χ2n) is 14.9. The van der Waals surface area contributed by atoms with Crippen molar-refractivity contribution in [3.05, 3.63) is 101 Å². The lowest BCUT2D eigenvalue weighted by atomic mass is 9.90. The molecular formula is C47H53F3N4O13. The molecule has 1 aromatic heterocycles. The van der Waals surface area contributed by atoms with E-state index in [4.69, 9.17) is 23.5 Å². The van der Waals surface area contributed by atoms with Gasteiger partial charge in [0.05, 0.1) is 37.9 Å². The van der Waals surface area contributed by atoms with E-state index in [-0.39, 0.29) is 73.3 Å². The molecule has 17 nitrogen and oxygen atoms in total. The Balaban J connectivity index is 1.43. The van der Waals surface area contributed by atoms with Crippen molar-refractivity contribution in [2.45, 2.75) is 91.3 Å². The molecule has 0 aliphatic rings. The largest absolute Gasteiger partial charge is 0.573 e. The van der Waals surface area contributed by atoms with Gasteiger partial charge in [-0.1, -0.05) is 69.5 Å². The number of ketones is 1. The fourth-order valence-electron chi connectivity index (χ4n) is 6.80. The second kappa shape index (κ2) is 25.4. The number of nitrogens with one attached hydrogen (secondary N) is 3. The second-order valence-corrected chi connectivity index (χ2v) is 14.9. The maximum absolute atomic E-state index is 13.7. The Hall–Kier alpha value is -7.38. The summed E-state index contributed by atoms with van der Waals surface area (Å²) >= 11 is 0. The summed E-state index contributed by atoms with van der Waals surface area (Å²) in [7, 11) is 1.20. The summed E-state index contributed by atoms with van der Waals surface area (Å²) < 4.78 is 65.5. The van der Waals surface area contributed by atoms with Crippen LogP contribution in [0.5, 0.6) is 17.2 Å². The SMILES string of the molecule is CCCCC[C@@H](C(=O)NCNC(=O)c1ccc(-c2ccc(C(=O)N[C@@H](CC(C)=O)C(=O)OCc3ccccc3)c(OCC)c2)o1)[C@@H](CC)N(C=O)OC(=O)c1ccc(OC)cc1OC(F)(F)F. The lowest BCUT2D eigenvalue weighted by Crippen LogP contribution is -2.49. The van der Waals surface area contributed by atoms with Crippen LogP contribution in [0.25, 0.3) is 11.3 Å². The highest BCUT2D eigenvalue weighted by Gasteiger charge is 2.37. The Morgan fingerprint density at radius 2 is 1.58 bits per heavy atom. The Morgan fingerprint density at radius 1 is 0.851 bits per heavy atom. The minimum Gasteiger partial charge on any atom is -0.497 e. The van der Waals surface area contributed by atoms with Crippen LogP contribution in [-0.2, 0) is 35.4 Å². The third-order valence-electron chi connectivity index (χ3n) is 10.0. The third kappa shape index (κ3) is 15.6. The Kier molecular flexibility index (Phi) is 19.8. The maximum atomic E-state index is 13.7. The van der Waals surface area contributed by atoms with Gasteiger partial charge in [-0.2, -0.15) is 5.06 Å². The molecule has 1 heterocycles. The van der Waals surface area contributed by atoms with E-state index in [0.29, 0.717) is 23.5 Å². The molecule has 0 saturated heterocycles. The van der Waals surface area contributed by atoms with Crippen molar-refractivity contribution in [2.75, 3.05) is 20.4 Å². The molecule has 3 aromatic carbocycles. The molecule has 0 radical (unpaired) electrons. The van der Waals surface area contributed by atoms with E-state index in [2.05, 4.69) is 20.7 Å². The number of amides is 4. The Morgan fingerprint density at radius 3 is 2.22 bits per heavy atom. The minimum atomic E-state index is -5.18. The van der Waals surface area contributed by atoms with Gasteiger partial charge in [0.15, 0.2) is 5.76 Å². The van der Waals surface area contributed by atoms with Crippen molar-refractivity contribution in [2.24, 2.45) is 5.92 Å². The normalized spacial score (nSPS) is 12.4. The third-order valence-corrected chi connectivity index (χ3v) is 10.0. The van der Waals surface area contributed by atoms with Gasteiger partial charge in [-0.3, -0.25) is 24.0 Å². The van der Waals surface area contributed by atoms with Gasteiger partial charge in [0.2, 0.25) is 12.3 Å². The zero-order chi connectivity index (χ0) is 49.1. The van der Waals surface area contributed by atoms with Gasteiger partial charge in [0.25, 0.3) is 11.8 Å². The molecule has 0 saturated carbocycles. The van der Waals surface area contributed by atoms with E-state index in [9.17, 15) is 46.7 Å². The van der Waals surface area contributed by atoms with Gasteiger partial charge >= 0.3 is 18.3 Å². The molecule has 0 unspecified atom stereocenters. The number of rotatable bonds is 26. The number of alkyl halides is 3. The summed E-state index contributed by atoms with van der Waals surface area (Å²) in [6.45, 7) is 6.23. The average Bonchev–Trinajstić information content (AvgIpc) is 3.80. The lowest BCUT2D eigenvalue weighted by molar-refractivity contribution is -0.274. The standard InChI is InChI=1S/C47H53F3N4O13/c1-6-9-11-16-33(37(7-2)54(28-55)67-45(60)35-20-18-32(62-5)25-41(35)66-47(48,49)50)42(57)51-27-52-44(59)39-22-21-38(65-39)31-17-19-34(40(24-31)63-8-3)43(58)53-36(23-29(4)56)46(61)64-26-30-14-12-10-13-15-30/h10,12-15,17-22,24-25,28,33,36-37H,6-9,11,16,23,26-27H2,1-5H3,(H,51,57)(H,52,59)(H,53,58)/t33-,36+,37-/m1/s1. The van der Waals surface area contributed by atoms with E-state index in [1.54, 1.807) is 38.1 Å². The molecular weight excluding hydrogens is 886 g/mol. The first-order valence-electron chi connectivity index (χ1n) is 21.4. The first kappa shape index (κ1) is 52.2. The zero-order valence-electron chi connectivity index (χ0n) is 37.6. The van der Waals surface area contributed by atoms with Crippen LogP contribution in [0.1, 0.15) is 103 Å². The van der Waals surface area contributed by atoms with Crippen molar-refractivity contribution < 1.29 is 74.9 Å². The summed E-state index contributed by atoms with van der Waals surface area (Å²) in [5, 5.41) is 8.28. The van der Waals surface area contributed by atoms with Crippen LogP contribution in [-0.4, -0.2) is 85.7 Å². The van der Waals surface area contributed by atoms with Crippen LogP contribution in [0.2, 0.25) is 0 Å². The molecule has 0 aliphatic carbocycles. The van der Waals surface area contributed by atoms with Crippen LogP contribution in [0.3, 0.4) is 0 Å². The number of halogens is 3. The highest BCUT2D eigenvalue weighted by atomic mass is 19.4. The number of hydrogen-bond acceptors (Lipinski definition) is 13. The van der Waals surface area contributed by atoms with Crippen molar-refractivity contribution in [3.8, 4) is 28.6 Å². The smallest absolute Gasteiger partial charge is 0.497 e. The molecule has 3 N–H and O–H groups in total. The molecule has 67 heavy (non-hydrogen) atoms. The topological polar surface area (TPSA) is 218 Å². The number of hydrogen-bond donors (Lipinski definition) is 3. The molecule has 4 aromatic rings. The van der Waals surface area contributed by atoms with Crippen LogP contribution >= 0.6 is 0 Å². The molecule has 3 atom stereocenters. The van der Waals surface area contributed by atoms with Crippen molar-refractivity contribution in [3.63, 3.8) is 0 Å². The molecule has 0 bridgehead atoms. The number of carbonyl (C=O) groups is 7. The number of benzene rings is 3. The van der Waals surface area contributed by atoms with Gasteiger partial charge in [-0.25, -0.2) is 9.59 Å². The first-order valence-corrected chi connectivity index (χ1v) is 21.4. The molecule has 20 heteroatoms. The maximum Gasteiger partial charge on any atom is 0.573 e. The summed E-state index contributed by atoms with van der Waals surface area (Å²) in [4.78, 5) is 96.1. The monoisotopic (exact) mass is 938 g/mol. The van der Waals surface area contributed by atoms with Gasteiger partial charge < -0.3 is 44.2 Å². The van der Waals surface area contributed by atoms with Crippen molar-refractivity contribution in [1.82, 2.24) is 21.0 Å². The summed E-state index contributed by atoms with van der Waals surface area (Å²) in [5.74, 6) is -6.38. The van der Waals surface area contributed by atoms with Gasteiger partial charge in [-0.05, 0) is 68.7 Å². The van der Waals surface area contributed by atoms with Gasteiger partial charge in [0.1, 0.15) is 47.0 Å². The number of Topliss-reactive ketones (excluding diaryl/α,β-unsaturated/α-hetero) is 1. The van der Waals surface area contributed by atoms with Crippen LogP contribution in [0.15, 0.2) is 83.3 Å². The number of furan rings is 1. The summed E-state index contributed by atoms with van der Waals surface area (Å²) in [6, 6.07) is 16.9. The Labute approximate surface area is 384 Å². The molecule has 0 spiro atoms. The molecule has 360 valence electrons. The molecule has 0 fully saturated rings. The fourth-order valence-corrected chi connectivity index (χ4v) is 6.80. The number of nitrogens with zero attached hydrogens (tertiary/aromatic N) is 1. The van der Waals surface area contributed by atoms with E-state index in [1.165, 1.54) is 50.4 Å². The number of unbranched alkanes of at least 4 members (excludes halogenated alkanes) is 2. The Bertz CT molecular complexity index is 2340. The number of ether oxygens (including phenoxy) is 4. The van der Waals surface area contributed by atoms with Crippen LogP contribution in [0.4, 0.5) is 13.2 Å². The first-order chi connectivity index (χ1) is 32.0.